The lowest BCUT2D eigenvalue weighted by molar-refractivity contribution is 0.0637. The first-order valence-corrected chi connectivity index (χ1v) is 20.8. The van der Waals surface area contributed by atoms with E-state index in [9.17, 15) is 0 Å². The third-order valence-corrected chi connectivity index (χ3v) is 19.7. The molecule has 39 heavy (non-hydrogen) atoms. The maximum Gasteiger partial charge on any atom is 0.0546 e. The summed E-state index contributed by atoms with van der Waals surface area (Å²) in [5.74, 6) is 9.94. The molecule has 0 aliphatic heterocycles. The molecule has 5 aliphatic rings. The van der Waals surface area contributed by atoms with E-state index in [4.69, 9.17) is 0 Å². The van der Waals surface area contributed by atoms with Crippen LogP contribution in [0.3, 0.4) is 0 Å². The molecule has 0 aromatic heterocycles. The third kappa shape index (κ3) is 5.16. The monoisotopic (exact) mass is 546 g/mol. The van der Waals surface area contributed by atoms with Gasteiger partial charge in [0.15, 0.2) is 0 Å². The van der Waals surface area contributed by atoms with Crippen LogP contribution in [0.1, 0.15) is 123 Å². The minimum absolute atomic E-state index is 0.511. The van der Waals surface area contributed by atoms with Crippen LogP contribution in [0.2, 0.25) is 24.2 Å². The van der Waals surface area contributed by atoms with E-state index in [1.165, 1.54) is 38.5 Å². The Morgan fingerprint density at radius 3 is 1.77 bits per heavy atom. The van der Waals surface area contributed by atoms with E-state index in [1.807, 2.05) is 0 Å². The second kappa shape index (κ2) is 10.9. The maximum absolute atomic E-state index is 2.92. The van der Waals surface area contributed by atoms with Crippen molar-refractivity contribution in [2.24, 2.45) is 58.7 Å². The van der Waals surface area contributed by atoms with Crippen LogP contribution in [-0.4, -0.2) is 8.07 Å². The molecule has 10 atom stereocenters. The molecule has 0 bridgehead atoms. The first-order valence-electron chi connectivity index (χ1n) is 17.6. The highest BCUT2D eigenvalue weighted by Crippen LogP contribution is 2.67. The first kappa shape index (κ1) is 28.6. The molecule has 0 amide bonds. The Morgan fingerprint density at radius 2 is 1.15 bits per heavy atom. The average molecular weight is 547 g/mol. The van der Waals surface area contributed by atoms with Crippen LogP contribution in [0.4, 0.5) is 0 Å². The van der Waals surface area contributed by atoms with Gasteiger partial charge in [-0.15, -0.1) is 0 Å². The predicted octanol–water partition coefficient (Wildman–Crippen LogP) is 11.6. The van der Waals surface area contributed by atoms with Gasteiger partial charge in [0.1, 0.15) is 0 Å². The van der Waals surface area contributed by atoms with Crippen molar-refractivity contribution in [2.75, 3.05) is 0 Å². The fourth-order valence-corrected chi connectivity index (χ4v) is 19.8. The van der Waals surface area contributed by atoms with Gasteiger partial charge in [0, 0.05) is 0 Å². The van der Waals surface area contributed by atoms with Crippen LogP contribution in [0.5, 0.6) is 0 Å². The summed E-state index contributed by atoms with van der Waals surface area (Å²) >= 11 is 0. The zero-order valence-electron chi connectivity index (χ0n) is 26.8. The Labute approximate surface area is 243 Å². The zero-order valence-corrected chi connectivity index (χ0v) is 27.8. The van der Waals surface area contributed by atoms with E-state index in [1.54, 1.807) is 44.1 Å². The van der Waals surface area contributed by atoms with E-state index < -0.39 is 8.07 Å². The standard InChI is InChI=1S/C38H62Si/c1-25-23-34-30(27-13-9-8-10-14-27)15-11-17-32(34)36(25)39(6,7)37-26(2)24-35-31(16-12-18-33(35)37)28-19-21-29(22-20-28)38(3,4)5/h8-10,13-14,25-26,28-37H,11-12,15-24H2,1-7H3. The normalized spacial score (nSPS) is 45.1. The van der Waals surface area contributed by atoms with Gasteiger partial charge in [0.25, 0.3) is 0 Å². The molecule has 1 aromatic carbocycles. The largest absolute Gasteiger partial charge is 0.0689 e. The first-order chi connectivity index (χ1) is 18.6. The van der Waals surface area contributed by atoms with Crippen molar-refractivity contribution in [3.8, 4) is 0 Å². The summed E-state index contributed by atoms with van der Waals surface area (Å²) in [6.07, 6.45) is 18.3. The lowest BCUT2D eigenvalue weighted by Crippen LogP contribution is -2.47. The molecule has 5 saturated carbocycles. The molecular formula is C38H62Si. The lowest BCUT2D eigenvalue weighted by atomic mass is 9.61. The second-order valence-corrected chi connectivity index (χ2v) is 22.5. The van der Waals surface area contributed by atoms with Gasteiger partial charge >= 0.3 is 0 Å². The highest BCUT2D eigenvalue weighted by Gasteiger charge is 2.60. The lowest BCUT2D eigenvalue weighted by Gasteiger charge is -2.50. The molecule has 5 fully saturated rings. The summed E-state index contributed by atoms with van der Waals surface area (Å²) in [4.78, 5) is 0. The summed E-state index contributed by atoms with van der Waals surface area (Å²) in [7, 11) is -1.43. The van der Waals surface area contributed by atoms with Crippen LogP contribution in [-0.2, 0) is 0 Å². The number of rotatable bonds is 4. The summed E-state index contributed by atoms with van der Waals surface area (Å²) in [6.45, 7) is 18.8. The van der Waals surface area contributed by atoms with Crippen molar-refractivity contribution in [1.29, 1.82) is 0 Å². The Balaban J connectivity index is 1.20. The molecule has 218 valence electrons. The van der Waals surface area contributed by atoms with Crippen molar-refractivity contribution in [1.82, 2.24) is 0 Å². The maximum atomic E-state index is 2.92. The number of hydrogen-bond donors (Lipinski definition) is 0. The summed E-state index contributed by atoms with van der Waals surface area (Å²) in [5.41, 5.74) is 4.31. The second-order valence-electron chi connectivity index (χ2n) is 17.5. The minimum atomic E-state index is -1.43. The van der Waals surface area contributed by atoms with Gasteiger partial charge in [-0.3, -0.25) is 0 Å². The number of hydrogen-bond acceptors (Lipinski definition) is 0. The van der Waals surface area contributed by atoms with Gasteiger partial charge in [-0.1, -0.05) is 104 Å². The summed E-state index contributed by atoms with van der Waals surface area (Å²) < 4.78 is 0. The van der Waals surface area contributed by atoms with Gasteiger partial charge in [0.2, 0.25) is 0 Å². The van der Waals surface area contributed by atoms with Crippen molar-refractivity contribution >= 4 is 8.07 Å². The number of benzene rings is 1. The minimum Gasteiger partial charge on any atom is -0.0689 e. The molecule has 1 heteroatoms. The van der Waals surface area contributed by atoms with E-state index in [2.05, 4.69) is 78.0 Å². The van der Waals surface area contributed by atoms with E-state index in [-0.39, 0.29) is 0 Å². The third-order valence-electron chi connectivity index (χ3n) is 14.3. The van der Waals surface area contributed by atoms with Gasteiger partial charge in [-0.2, -0.15) is 0 Å². The van der Waals surface area contributed by atoms with Crippen LogP contribution >= 0.6 is 0 Å². The van der Waals surface area contributed by atoms with E-state index >= 15 is 0 Å². The molecule has 10 unspecified atom stereocenters. The van der Waals surface area contributed by atoms with Crippen molar-refractivity contribution in [2.45, 2.75) is 142 Å². The highest BCUT2D eigenvalue weighted by atomic mass is 28.3. The number of fused-ring (bicyclic) bond motifs is 2. The molecule has 0 N–H and O–H groups in total. The van der Waals surface area contributed by atoms with Gasteiger partial charge in [-0.25, -0.2) is 0 Å². The van der Waals surface area contributed by atoms with Crippen LogP contribution in [0, 0.1) is 58.7 Å². The molecule has 0 spiro atoms. The molecule has 6 rings (SSSR count). The fraction of sp³-hybridized carbons (Fsp3) is 0.842. The predicted molar refractivity (Wildman–Crippen MR) is 172 cm³/mol. The Bertz CT molecular complexity index is 949. The summed E-state index contributed by atoms with van der Waals surface area (Å²) in [6, 6.07) is 11.7. The van der Waals surface area contributed by atoms with Gasteiger partial charge in [0.05, 0.1) is 8.07 Å². The molecule has 1 aromatic rings. The Hall–Kier alpha value is -0.563. The summed E-state index contributed by atoms with van der Waals surface area (Å²) in [5, 5.41) is 0. The molecule has 0 saturated heterocycles. The molecular weight excluding hydrogens is 485 g/mol. The molecule has 0 radical (unpaired) electrons. The Kier molecular flexibility index (Phi) is 8.00. The highest BCUT2D eigenvalue weighted by molar-refractivity contribution is 6.80. The van der Waals surface area contributed by atoms with Crippen molar-refractivity contribution < 1.29 is 0 Å². The van der Waals surface area contributed by atoms with Crippen molar-refractivity contribution in [3.05, 3.63) is 35.9 Å². The van der Waals surface area contributed by atoms with Crippen LogP contribution in [0.25, 0.3) is 0 Å². The fourth-order valence-electron chi connectivity index (χ4n) is 13.1. The molecule has 5 aliphatic carbocycles. The average Bonchev–Trinajstić information content (AvgIpc) is 3.44. The molecule has 0 nitrogen and oxygen atoms in total. The van der Waals surface area contributed by atoms with Crippen LogP contribution in [0.15, 0.2) is 30.3 Å². The van der Waals surface area contributed by atoms with Crippen LogP contribution < -0.4 is 0 Å². The van der Waals surface area contributed by atoms with E-state index in [0.717, 1.165) is 70.3 Å². The quantitative estimate of drug-likeness (QED) is 0.329. The van der Waals surface area contributed by atoms with E-state index in [0.29, 0.717) is 5.41 Å². The van der Waals surface area contributed by atoms with Gasteiger partial charge in [-0.05, 0) is 133 Å². The topological polar surface area (TPSA) is 0 Å². The molecule has 0 heterocycles. The smallest absolute Gasteiger partial charge is 0.0546 e. The van der Waals surface area contributed by atoms with Gasteiger partial charge < -0.3 is 0 Å². The van der Waals surface area contributed by atoms with Crippen molar-refractivity contribution in [3.63, 3.8) is 0 Å². The zero-order chi connectivity index (χ0) is 27.5. The Morgan fingerprint density at radius 1 is 0.615 bits per heavy atom. The SMILES string of the molecule is CC1CC2C(c3ccccc3)CCCC2C1[Si](C)(C)C1C(C)CC2C(C3CCC(C(C)(C)C)CC3)CCCC21.